The van der Waals surface area contributed by atoms with Crippen molar-refractivity contribution in [3.05, 3.63) is 71.4 Å². The van der Waals surface area contributed by atoms with Crippen molar-refractivity contribution in [2.45, 2.75) is 39.0 Å². The van der Waals surface area contributed by atoms with E-state index in [9.17, 15) is 9.18 Å². The van der Waals surface area contributed by atoms with Gasteiger partial charge in [0.25, 0.3) is 5.91 Å². The van der Waals surface area contributed by atoms with Gasteiger partial charge in [0.15, 0.2) is 5.69 Å². The summed E-state index contributed by atoms with van der Waals surface area (Å²) in [6, 6.07) is 8.30. The second-order valence-corrected chi connectivity index (χ2v) is 7.48. The van der Waals surface area contributed by atoms with Crippen LogP contribution in [-0.2, 0) is 0 Å². The molecule has 0 saturated carbocycles. The number of halogens is 1. The first-order chi connectivity index (χ1) is 14.6. The van der Waals surface area contributed by atoms with Crippen LogP contribution in [0.4, 0.5) is 4.39 Å². The normalized spacial score (nSPS) is 13.7. The van der Waals surface area contributed by atoms with Crippen LogP contribution in [0.3, 0.4) is 0 Å². The van der Waals surface area contributed by atoms with Crippen LogP contribution in [0.1, 0.15) is 48.2 Å². The maximum absolute atomic E-state index is 13.7. The van der Waals surface area contributed by atoms with E-state index in [2.05, 4.69) is 26.7 Å². The number of nitrogens with one attached hydrogen (secondary N) is 1. The molecule has 7 heteroatoms. The van der Waals surface area contributed by atoms with Gasteiger partial charge in [0.05, 0.1) is 5.69 Å². The fourth-order valence-electron chi connectivity index (χ4n) is 3.70. The summed E-state index contributed by atoms with van der Waals surface area (Å²) in [7, 11) is 0. The molecule has 0 radical (unpaired) electrons. The Morgan fingerprint density at radius 2 is 2.03 bits per heavy atom. The van der Waals surface area contributed by atoms with Crippen LogP contribution in [0.2, 0.25) is 0 Å². The van der Waals surface area contributed by atoms with Gasteiger partial charge in [0.2, 0.25) is 0 Å². The number of amides is 1. The summed E-state index contributed by atoms with van der Waals surface area (Å²) < 4.78 is 15.3. The zero-order valence-electron chi connectivity index (χ0n) is 16.9. The van der Waals surface area contributed by atoms with Crippen molar-refractivity contribution in [1.29, 1.82) is 0 Å². The van der Waals surface area contributed by atoms with E-state index in [1.165, 1.54) is 24.5 Å². The smallest absolute Gasteiger partial charge is 0.274 e. The van der Waals surface area contributed by atoms with Crippen molar-refractivity contribution >= 4 is 5.91 Å². The summed E-state index contributed by atoms with van der Waals surface area (Å²) in [4.78, 5) is 17.0. The van der Waals surface area contributed by atoms with E-state index >= 15 is 0 Å². The first-order valence-corrected chi connectivity index (χ1v) is 10.2. The van der Waals surface area contributed by atoms with Crippen LogP contribution in [0.15, 0.2) is 54.4 Å². The third-order valence-electron chi connectivity index (χ3n) is 5.34. The number of hydrogen-bond donors (Lipinski definition) is 1. The molecule has 0 atom stereocenters. The summed E-state index contributed by atoms with van der Waals surface area (Å²) in [5, 5.41) is 11.3. The summed E-state index contributed by atoms with van der Waals surface area (Å²) in [6.45, 7) is 2.25. The van der Waals surface area contributed by atoms with E-state index in [1.54, 1.807) is 48.3 Å². The van der Waals surface area contributed by atoms with Crippen LogP contribution in [0, 0.1) is 12.7 Å². The maximum Gasteiger partial charge on any atom is 0.274 e. The fourth-order valence-corrected chi connectivity index (χ4v) is 3.70. The molecule has 2 aromatic heterocycles. The number of pyridine rings is 1. The number of benzene rings is 1. The van der Waals surface area contributed by atoms with Crippen molar-refractivity contribution in [2.75, 3.05) is 6.54 Å². The number of rotatable bonds is 6. The molecule has 6 nitrogen and oxygen atoms in total. The Kier molecular flexibility index (Phi) is 5.97. The molecule has 0 unspecified atom stereocenters. The lowest BCUT2D eigenvalue weighted by molar-refractivity contribution is 0.0949. The second kappa shape index (κ2) is 8.98. The monoisotopic (exact) mass is 405 g/mol. The molecule has 0 fully saturated rings. The summed E-state index contributed by atoms with van der Waals surface area (Å²) in [5.41, 5.74) is 4.09. The average Bonchev–Trinajstić information content (AvgIpc) is 3.22. The lowest BCUT2D eigenvalue weighted by Crippen LogP contribution is -2.26. The van der Waals surface area contributed by atoms with Gasteiger partial charge < -0.3 is 5.32 Å². The van der Waals surface area contributed by atoms with E-state index < -0.39 is 0 Å². The Balaban J connectivity index is 1.62. The molecule has 30 heavy (non-hydrogen) atoms. The molecule has 0 aliphatic heterocycles. The summed E-state index contributed by atoms with van der Waals surface area (Å²) in [6.07, 6.45) is 11.1. The number of allylic oxidation sites excluding steroid dienone is 1. The van der Waals surface area contributed by atoms with Gasteiger partial charge in [0, 0.05) is 24.5 Å². The van der Waals surface area contributed by atoms with Gasteiger partial charge >= 0.3 is 0 Å². The number of aryl methyl sites for hydroxylation is 1. The zero-order chi connectivity index (χ0) is 20.9. The molecule has 2 heterocycles. The molecule has 1 aromatic carbocycles. The van der Waals surface area contributed by atoms with Gasteiger partial charge in [-0.2, -0.15) is 0 Å². The zero-order valence-corrected chi connectivity index (χ0v) is 16.9. The molecular formula is C23H24FN5O. The van der Waals surface area contributed by atoms with Gasteiger partial charge in [-0.1, -0.05) is 16.9 Å². The van der Waals surface area contributed by atoms with Crippen molar-refractivity contribution in [2.24, 2.45) is 0 Å². The first-order valence-electron chi connectivity index (χ1n) is 10.2. The third kappa shape index (κ3) is 4.30. The molecular weight excluding hydrogens is 381 g/mol. The standard InChI is InChI=1S/C23H24FN5O/c1-16-15-19(7-8-20(16)24)29-22(18-10-12-25-13-11-18)21(27-28-29)23(30)26-14-9-17-5-3-2-4-6-17/h5,7-8,10-13,15H,2-4,6,9,14H2,1H3,(H,26,30). The molecule has 1 aliphatic rings. The van der Waals surface area contributed by atoms with E-state index in [0.717, 1.165) is 24.8 Å². The molecule has 0 bridgehead atoms. The highest BCUT2D eigenvalue weighted by Crippen LogP contribution is 2.26. The Hall–Kier alpha value is -3.35. The van der Waals surface area contributed by atoms with Gasteiger partial charge in [-0.25, -0.2) is 9.07 Å². The Morgan fingerprint density at radius 1 is 1.20 bits per heavy atom. The molecule has 1 N–H and O–H groups in total. The minimum atomic E-state index is -0.292. The van der Waals surface area contributed by atoms with Crippen molar-refractivity contribution in [3.63, 3.8) is 0 Å². The van der Waals surface area contributed by atoms with Crippen LogP contribution >= 0.6 is 0 Å². The highest BCUT2D eigenvalue weighted by molar-refractivity contribution is 5.98. The highest BCUT2D eigenvalue weighted by Gasteiger charge is 2.22. The minimum absolute atomic E-state index is 0.237. The van der Waals surface area contributed by atoms with Crippen molar-refractivity contribution in [3.8, 4) is 16.9 Å². The van der Waals surface area contributed by atoms with E-state index in [-0.39, 0.29) is 17.4 Å². The quantitative estimate of drug-likeness (QED) is 0.617. The number of aromatic nitrogens is 4. The predicted octanol–water partition coefficient (Wildman–Crippen LogP) is 4.40. The topological polar surface area (TPSA) is 72.7 Å². The number of nitrogens with zero attached hydrogens (tertiary/aromatic N) is 4. The summed E-state index contributed by atoms with van der Waals surface area (Å²) in [5.74, 6) is -0.567. The van der Waals surface area contributed by atoms with Crippen LogP contribution in [-0.4, -0.2) is 32.4 Å². The number of carbonyl (C=O) groups excluding carboxylic acids is 1. The Bertz CT molecular complexity index is 1070. The summed E-state index contributed by atoms with van der Waals surface area (Å²) >= 11 is 0. The predicted molar refractivity (Wildman–Crippen MR) is 113 cm³/mol. The van der Waals surface area contributed by atoms with Crippen LogP contribution in [0.5, 0.6) is 0 Å². The van der Waals surface area contributed by atoms with E-state index in [0.29, 0.717) is 23.5 Å². The highest BCUT2D eigenvalue weighted by atomic mass is 19.1. The van der Waals surface area contributed by atoms with E-state index in [1.807, 2.05) is 0 Å². The van der Waals surface area contributed by atoms with Gasteiger partial charge in [-0.3, -0.25) is 9.78 Å². The molecule has 3 aromatic rings. The lowest BCUT2D eigenvalue weighted by atomic mass is 9.97. The maximum atomic E-state index is 13.7. The van der Waals surface area contributed by atoms with Gasteiger partial charge in [0.1, 0.15) is 11.5 Å². The van der Waals surface area contributed by atoms with E-state index in [4.69, 9.17) is 0 Å². The molecule has 4 rings (SSSR count). The minimum Gasteiger partial charge on any atom is -0.350 e. The molecule has 1 amide bonds. The SMILES string of the molecule is Cc1cc(-n2nnc(C(=O)NCCC3=CCCCC3)c2-c2ccncc2)ccc1F. The average molecular weight is 405 g/mol. The number of carbonyl (C=O) groups is 1. The first kappa shape index (κ1) is 19.9. The second-order valence-electron chi connectivity index (χ2n) is 7.48. The van der Waals surface area contributed by atoms with Crippen LogP contribution < -0.4 is 5.32 Å². The lowest BCUT2D eigenvalue weighted by Gasteiger charge is -2.13. The largest absolute Gasteiger partial charge is 0.350 e. The van der Waals surface area contributed by atoms with Crippen molar-refractivity contribution in [1.82, 2.24) is 25.3 Å². The van der Waals surface area contributed by atoms with Gasteiger partial charge in [-0.05, 0) is 74.9 Å². The Morgan fingerprint density at radius 3 is 2.77 bits per heavy atom. The van der Waals surface area contributed by atoms with Gasteiger partial charge in [-0.15, -0.1) is 5.10 Å². The molecule has 0 saturated heterocycles. The molecule has 1 aliphatic carbocycles. The Labute approximate surface area is 174 Å². The fraction of sp³-hybridized carbons (Fsp3) is 0.304. The third-order valence-corrected chi connectivity index (χ3v) is 5.34. The van der Waals surface area contributed by atoms with Crippen LogP contribution in [0.25, 0.3) is 16.9 Å². The molecule has 0 spiro atoms. The van der Waals surface area contributed by atoms with Crippen molar-refractivity contribution < 1.29 is 9.18 Å². The number of hydrogen-bond acceptors (Lipinski definition) is 4. The molecule has 154 valence electrons.